The van der Waals surface area contributed by atoms with Crippen LogP contribution in [0.4, 0.5) is 0 Å². The highest BCUT2D eigenvalue weighted by atomic mass is 35.5. The van der Waals surface area contributed by atoms with Gasteiger partial charge in [0.05, 0.1) is 4.90 Å². The molecule has 0 unspecified atom stereocenters. The molecule has 3 rings (SSSR count). The van der Waals surface area contributed by atoms with Gasteiger partial charge in [0.25, 0.3) is 10.0 Å². The molecule has 0 saturated carbocycles. The van der Waals surface area contributed by atoms with E-state index in [2.05, 4.69) is 15.0 Å². The highest BCUT2D eigenvalue weighted by Gasteiger charge is 2.30. The first-order valence-corrected chi connectivity index (χ1v) is 10.1. The third-order valence-corrected chi connectivity index (χ3v) is 6.13. The number of rotatable bonds is 5. The Morgan fingerprint density at radius 1 is 1.31 bits per heavy atom. The predicted molar refractivity (Wildman–Crippen MR) is 103 cm³/mol. The number of amidine groups is 1. The van der Waals surface area contributed by atoms with Crippen molar-refractivity contribution in [3.8, 4) is 0 Å². The Morgan fingerprint density at radius 2 is 2.00 bits per heavy atom. The number of nitrogens with zero attached hydrogens (tertiary/aromatic N) is 2. The topological polar surface area (TPSA) is 90.9 Å². The summed E-state index contributed by atoms with van der Waals surface area (Å²) in [5.41, 5.74) is 0.600. The smallest absolute Gasteiger partial charge is 0.263 e. The van der Waals surface area contributed by atoms with Crippen LogP contribution in [0, 0.1) is 0 Å². The molecule has 2 aliphatic rings. The first kappa shape index (κ1) is 20.7. The van der Waals surface area contributed by atoms with Gasteiger partial charge in [-0.2, -0.15) is 0 Å². The SMILES string of the molecule is CNC1CCN(C(=O)CCCN=C2NS(=O)(=O)c3ccccc32)CC1.Cl. The van der Waals surface area contributed by atoms with Crippen molar-refractivity contribution in [1.29, 1.82) is 0 Å². The highest BCUT2D eigenvalue weighted by Crippen LogP contribution is 2.22. The van der Waals surface area contributed by atoms with Gasteiger partial charge in [-0.3, -0.25) is 14.5 Å². The van der Waals surface area contributed by atoms with Crippen molar-refractivity contribution >= 4 is 34.2 Å². The molecule has 2 heterocycles. The van der Waals surface area contributed by atoms with Gasteiger partial charge in [-0.15, -0.1) is 12.4 Å². The molecule has 2 N–H and O–H groups in total. The van der Waals surface area contributed by atoms with Gasteiger partial charge in [0.2, 0.25) is 5.91 Å². The fraction of sp³-hybridized carbons (Fsp3) is 0.529. The number of hydrogen-bond donors (Lipinski definition) is 2. The first-order chi connectivity index (χ1) is 12.0. The van der Waals surface area contributed by atoms with Crippen molar-refractivity contribution in [2.24, 2.45) is 4.99 Å². The largest absolute Gasteiger partial charge is 0.343 e. The molecule has 0 spiro atoms. The molecule has 1 amide bonds. The van der Waals surface area contributed by atoms with Gasteiger partial charge in [-0.25, -0.2) is 8.42 Å². The number of benzene rings is 1. The van der Waals surface area contributed by atoms with Gasteiger partial charge in [-0.1, -0.05) is 12.1 Å². The molecule has 144 valence electrons. The number of hydrogen-bond acceptors (Lipinski definition) is 5. The summed E-state index contributed by atoms with van der Waals surface area (Å²) in [7, 11) is -1.54. The summed E-state index contributed by atoms with van der Waals surface area (Å²) in [6, 6.07) is 7.29. The van der Waals surface area contributed by atoms with E-state index in [1.165, 1.54) is 0 Å². The number of carbonyl (C=O) groups is 1. The zero-order chi connectivity index (χ0) is 17.9. The van der Waals surface area contributed by atoms with Gasteiger partial charge < -0.3 is 10.2 Å². The predicted octanol–water partition coefficient (Wildman–Crippen LogP) is 1.14. The molecule has 26 heavy (non-hydrogen) atoms. The van der Waals surface area contributed by atoms with Gasteiger partial charge in [0.15, 0.2) is 0 Å². The van der Waals surface area contributed by atoms with Crippen molar-refractivity contribution in [3.05, 3.63) is 29.8 Å². The van der Waals surface area contributed by atoms with E-state index in [0.717, 1.165) is 25.9 Å². The summed E-state index contributed by atoms with van der Waals surface area (Å²) in [4.78, 5) is 18.8. The Morgan fingerprint density at radius 3 is 2.69 bits per heavy atom. The lowest BCUT2D eigenvalue weighted by Gasteiger charge is -2.31. The molecular formula is C17H25ClN4O3S. The number of halogens is 1. The maximum absolute atomic E-state index is 12.2. The fourth-order valence-electron chi connectivity index (χ4n) is 3.25. The summed E-state index contributed by atoms with van der Waals surface area (Å²) >= 11 is 0. The van der Waals surface area contributed by atoms with E-state index in [4.69, 9.17) is 0 Å². The number of likely N-dealkylation sites (tertiary alicyclic amines) is 1. The Balaban J connectivity index is 0.00000243. The summed E-state index contributed by atoms with van der Waals surface area (Å²) in [6.45, 7) is 2.02. The Labute approximate surface area is 160 Å². The monoisotopic (exact) mass is 400 g/mol. The second kappa shape index (κ2) is 8.83. The standard InChI is InChI=1S/C17H24N4O3S.ClH/c1-18-13-8-11-21(12-9-13)16(22)7-4-10-19-17-14-5-2-3-6-15(14)25(23,24)20-17;/h2-3,5-6,13,18H,4,7-12H2,1H3,(H,19,20);1H. The number of amides is 1. The van der Waals surface area contributed by atoms with Crippen LogP contribution >= 0.6 is 12.4 Å². The maximum Gasteiger partial charge on any atom is 0.263 e. The number of carbonyl (C=O) groups excluding carboxylic acids is 1. The normalized spacial score (nSPS) is 20.3. The molecule has 7 nitrogen and oxygen atoms in total. The second-order valence-corrected chi connectivity index (χ2v) is 8.03. The van der Waals surface area contributed by atoms with Crippen molar-refractivity contribution in [2.75, 3.05) is 26.7 Å². The second-order valence-electron chi connectivity index (χ2n) is 6.38. The van der Waals surface area contributed by atoms with Crippen molar-refractivity contribution in [1.82, 2.24) is 14.9 Å². The highest BCUT2D eigenvalue weighted by molar-refractivity contribution is 7.90. The van der Waals surface area contributed by atoms with Crippen LogP contribution in [-0.2, 0) is 14.8 Å². The van der Waals surface area contributed by atoms with E-state index in [1.54, 1.807) is 24.3 Å². The van der Waals surface area contributed by atoms with E-state index in [-0.39, 0.29) is 23.2 Å². The van der Waals surface area contributed by atoms with Gasteiger partial charge in [-0.05, 0) is 38.4 Å². The third-order valence-electron chi connectivity index (χ3n) is 4.74. The average Bonchev–Trinajstić information content (AvgIpc) is 2.89. The summed E-state index contributed by atoms with van der Waals surface area (Å²) in [5, 5.41) is 3.25. The van der Waals surface area contributed by atoms with E-state index in [0.29, 0.717) is 36.8 Å². The van der Waals surface area contributed by atoms with E-state index < -0.39 is 10.0 Å². The Hall–Kier alpha value is -1.64. The summed E-state index contributed by atoms with van der Waals surface area (Å²) in [5.74, 6) is 0.528. The molecule has 0 bridgehead atoms. The van der Waals surface area contributed by atoms with Crippen LogP contribution in [-0.4, -0.2) is 57.8 Å². The molecule has 2 aliphatic heterocycles. The van der Waals surface area contributed by atoms with Crippen molar-refractivity contribution < 1.29 is 13.2 Å². The molecule has 0 aromatic heterocycles. The molecule has 9 heteroatoms. The van der Waals surface area contributed by atoms with Gasteiger partial charge in [0, 0.05) is 37.7 Å². The summed E-state index contributed by atoms with van der Waals surface area (Å²) in [6.07, 6.45) is 3.03. The number of nitrogens with one attached hydrogen (secondary N) is 2. The van der Waals surface area contributed by atoms with Crippen LogP contribution < -0.4 is 10.0 Å². The number of sulfonamides is 1. The molecule has 1 fully saturated rings. The van der Waals surface area contributed by atoms with Crippen molar-refractivity contribution in [3.63, 3.8) is 0 Å². The zero-order valence-electron chi connectivity index (χ0n) is 14.8. The van der Waals surface area contributed by atoms with Gasteiger partial charge >= 0.3 is 0 Å². The maximum atomic E-state index is 12.2. The zero-order valence-corrected chi connectivity index (χ0v) is 16.4. The molecule has 0 aliphatic carbocycles. The van der Waals surface area contributed by atoms with Crippen LogP contribution in [0.1, 0.15) is 31.2 Å². The lowest BCUT2D eigenvalue weighted by atomic mass is 10.0. The minimum atomic E-state index is -3.50. The molecule has 1 saturated heterocycles. The molecule has 1 aromatic rings. The number of aliphatic imine (C=N–C) groups is 1. The molecule has 0 atom stereocenters. The quantitative estimate of drug-likeness (QED) is 0.725. The summed E-state index contributed by atoms with van der Waals surface area (Å²) < 4.78 is 26.5. The average molecular weight is 401 g/mol. The Bertz CT molecular complexity index is 774. The minimum absolute atomic E-state index is 0. The van der Waals surface area contributed by atoms with Crippen LogP contribution in [0.15, 0.2) is 34.2 Å². The lowest BCUT2D eigenvalue weighted by Crippen LogP contribution is -2.43. The van der Waals surface area contributed by atoms with Crippen LogP contribution in [0.25, 0.3) is 0 Å². The Kier molecular flexibility index (Phi) is 7.02. The van der Waals surface area contributed by atoms with Crippen LogP contribution in [0.5, 0.6) is 0 Å². The number of fused-ring (bicyclic) bond motifs is 1. The molecule has 0 radical (unpaired) electrons. The number of piperidine rings is 1. The van der Waals surface area contributed by atoms with Crippen LogP contribution in [0.3, 0.4) is 0 Å². The molecular weight excluding hydrogens is 376 g/mol. The van der Waals surface area contributed by atoms with Gasteiger partial charge in [0.1, 0.15) is 5.84 Å². The van der Waals surface area contributed by atoms with E-state index in [1.807, 2.05) is 11.9 Å². The molecule has 1 aromatic carbocycles. The van der Waals surface area contributed by atoms with Crippen LogP contribution in [0.2, 0.25) is 0 Å². The third kappa shape index (κ3) is 4.55. The first-order valence-electron chi connectivity index (χ1n) is 8.63. The van der Waals surface area contributed by atoms with Crippen molar-refractivity contribution in [2.45, 2.75) is 36.6 Å². The van der Waals surface area contributed by atoms with E-state index >= 15 is 0 Å². The lowest BCUT2D eigenvalue weighted by molar-refractivity contribution is -0.132. The fourth-order valence-corrected chi connectivity index (χ4v) is 4.50. The minimum Gasteiger partial charge on any atom is -0.343 e. The van der Waals surface area contributed by atoms with E-state index in [9.17, 15) is 13.2 Å².